The topological polar surface area (TPSA) is 26.3 Å². The number of methoxy groups -OCH3 is 1. The maximum absolute atomic E-state index is 11.3. The zero-order chi connectivity index (χ0) is 15.3. The van der Waals surface area contributed by atoms with Gasteiger partial charge in [0.25, 0.3) is 0 Å². The van der Waals surface area contributed by atoms with Crippen LogP contribution in [0, 0.1) is 11.8 Å². The van der Waals surface area contributed by atoms with Crippen molar-refractivity contribution in [3.05, 3.63) is 0 Å². The number of ether oxygens (including phenoxy) is 1. The summed E-state index contributed by atoms with van der Waals surface area (Å²) in [6, 6.07) is 0. The second kappa shape index (κ2) is 12.1. The standard InChI is InChI=1S/C19H36O2/c1-3-4-5-6-7-8-9-12-17-13-10-11-14-18(17)15-16-19(20)21-2/h17-18H,3-16H2,1-2H3/t17-,18-/m1/s1. The van der Waals surface area contributed by atoms with Crippen LogP contribution in [0.25, 0.3) is 0 Å². The van der Waals surface area contributed by atoms with Gasteiger partial charge in [-0.25, -0.2) is 0 Å². The highest BCUT2D eigenvalue weighted by Crippen LogP contribution is 2.36. The molecule has 0 unspecified atom stereocenters. The number of esters is 1. The molecular weight excluding hydrogens is 260 g/mol. The highest BCUT2D eigenvalue weighted by Gasteiger charge is 2.25. The van der Waals surface area contributed by atoms with E-state index in [1.165, 1.54) is 84.2 Å². The summed E-state index contributed by atoms with van der Waals surface area (Å²) in [6.45, 7) is 2.28. The third-order valence-electron chi connectivity index (χ3n) is 5.19. The van der Waals surface area contributed by atoms with Gasteiger partial charge in [0, 0.05) is 6.42 Å². The Morgan fingerprint density at radius 2 is 1.48 bits per heavy atom. The Morgan fingerprint density at radius 1 is 0.905 bits per heavy atom. The van der Waals surface area contributed by atoms with Crippen LogP contribution >= 0.6 is 0 Å². The summed E-state index contributed by atoms with van der Waals surface area (Å²) in [5.74, 6) is 1.62. The Labute approximate surface area is 132 Å². The van der Waals surface area contributed by atoms with Crippen LogP contribution in [0.5, 0.6) is 0 Å². The van der Waals surface area contributed by atoms with Crippen LogP contribution in [0.4, 0.5) is 0 Å². The molecule has 124 valence electrons. The van der Waals surface area contributed by atoms with Gasteiger partial charge in [0.05, 0.1) is 7.11 Å². The van der Waals surface area contributed by atoms with Crippen molar-refractivity contribution in [2.75, 3.05) is 7.11 Å². The summed E-state index contributed by atoms with van der Waals surface area (Å²) in [4.78, 5) is 11.3. The van der Waals surface area contributed by atoms with Crippen molar-refractivity contribution in [1.82, 2.24) is 0 Å². The number of unbranched alkanes of at least 4 members (excludes halogenated alkanes) is 6. The molecule has 21 heavy (non-hydrogen) atoms. The molecule has 2 heteroatoms. The van der Waals surface area contributed by atoms with Crippen molar-refractivity contribution in [3.8, 4) is 0 Å². The van der Waals surface area contributed by atoms with Crippen LogP contribution in [0.1, 0.15) is 96.8 Å². The second-order valence-corrected chi connectivity index (χ2v) is 6.83. The van der Waals surface area contributed by atoms with Gasteiger partial charge >= 0.3 is 5.97 Å². The Kier molecular flexibility index (Phi) is 10.6. The molecule has 0 bridgehead atoms. The van der Waals surface area contributed by atoms with Gasteiger partial charge in [-0.2, -0.15) is 0 Å². The molecule has 0 N–H and O–H groups in total. The largest absolute Gasteiger partial charge is 0.469 e. The van der Waals surface area contributed by atoms with E-state index in [4.69, 9.17) is 4.74 Å². The molecule has 0 amide bonds. The highest BCUT2D eigenvalue weighted by molar-refractivity contribution is 5.69. The summed E-state index contributed by atoms with van der Waals surface area (Å²) in [5, 5.41) is 0. The molecule has 0 aliphatic heterocycles. The quantitative estimate of drug-likeness (QED) is 0.351. The molecule has 1 fully saturated rings. The van der Waals surface area contributed by atoms with Gasteiger partial charge in [0.15, 0.2) is 0 Å². The Hall–Kier alpha value is -0.530. The van der Waals surface area contributed by atoms with Gasteiger partial charge < -0.3 is 4.74 Å². The van der Waals surface area contributed by atoms with E-state index in [1.54, 1.807) is 0 Å². The summed E-state index contributed by atoms with van der Waals surface area (Å²) >= 11 is 0. The van der Waals surface area contributed by atoms with Crippen molar-refractivity contribution < 1.29 is 9.53 Å². The van der Waals surface area contributed by atoms with Gasteiger partial charge in [0.2, 0.25) is 0 Å². The molecule has 2 atom stereocenters. The summed E-state index contributed by atoms with van der Waals surface area (Å²) in [6.07, 6.45) is 18.3. The lowest BCUT2D eigenvalue weighted by atomic mass is 9.74. The zero-order valence-electron chi connectivity index (χ0n) is 14.4. The van der Waals surface area contributed by atoms with E-state index in [9.17, 15) is 4.79 Å². The van der Waals surface area contributed by atoms with E-state index in [2.05, 4.69) is 6.92 Å². The van der Waals surface area contributed by atoms with E-state index >= 15 is 0 Å². The van der Waals surface area contributed by atoms with Gasteiger partial charge in [-0.3, -0.25) is 4.79 Å². The Balaban J connectivity index is 2.13. The van der Waals surface area contributed by atoms with Crippen LogP contribution in [0.3, 0.4) is 0 Å². The first kappa shape index (κ1) is 18.5. The summed E-state index contributed by atoms with van der Waals surface area (Å²) in [7, 11) is 1.50. The molecule has 0 saturated heterocycles. The smallest absolute Gasteiger partial charge is 0.305 e. The van der Waals surface area contributed by atoms with Crippen molar-refractivity contribution >= 4 is 5.97 Å². The van der Waals surface area contributed by atoms with Crippen LogP contribution in [-0.2, 0) is 9.53 Å². The van der Waals surface area contributed by atoms with Gasteiger partial charge in [0.1, 0.15) is 0 Å². The van der Waals surface area contributed by atoms with E-state index in [-0.39, 0.29) is 5.97 Å². The molecule has 0 aromatic carbocycles. The molecule has 0 spiro atoms. The van der Waals surface area contributed by atoms with Gasteiger partial charge in [-0.1, -0.05) is 84.0 Å². The summed E-state index contributed by atoms with van der Waals surface area (Å²) < 4.78 is 4.78. The van der Waals surface area contributed by atoms with E-state index in [0.717, 1.165) is 18.3 Å². The van der Waals surface area contributed by atoms with Crippen molar-refractivity contribution in [2.45, 2.75) is 96.8 Å². The molecule has 0 heterocycles. The fourth-order valence-corrected chi connectivity index (χ4v) is 3.81. The predicted octanol–water partition coefficient (Wildman–Crippen LogP) is 5.89. The molecule has 0 aromatic rings. The zero-order valence-corrected chi connectivity index (χ0v) is 14.4. The molecule has 0 aromatic heterocycles. The molecular formula is C19H36O2. The van der Waals surface area contributed by atoms with Crippen molar-refractivity contribution in [1.29, 1.82) is 0 Å². The average molecular weight is 296 g/mol. The molecule has 2 nitrogen and oxygen atoms in total. The van der Waals surface area contributed by atoms with Crippen LogP contribution in [0.15, 0.2) is 0 Å². The minimum absolute atomic E-state index is 0.0322. The molecule has 1 saturated carbocycles. The minimum atomic E-state index is -0.0322. The number of rotatable bonds is 11. The van der Waals surface area contributed by atoms with Crippen LogP contribution < -0.4 is 0 Å². The lowest BCUT2D eigenvalue weighted by Gasteiger charge is -2.31. The monoisotopic (exact) mass is 296 g/mol. The van der Waals surface area contributed by atoms with Gasteiger partial charge in [-0.05, 0) is 18.3 Å². The predicted molar refractivity (Wildman–Crippen MR) is 89.3 cm³/mol. The number of hydrogen-bond donors (Lipinski definition) is 0. The lowest BCUT2D eigenvalue weighted by molar-refractivity contribution is -0.141. The number of carbonyl (C=O) groups excluding carboxylic acids is 1. The first-order valence-corrected chi connectivity index (χ1v) is 9.34. The molecule has 1 aliphatic carbocycles. The fourth-order valence-electron chi connectivity index (χ4n) is 3.81. The summed E-state index contributed by atoms with van der Waals surface area (Å²) in [5.41, 5.74) is 0. The molecule has 1 aliphatic rings. The number of carbonyl (C=O) groups is 1. The van der Waals surface area contributed by atoms with E-state index in [1.807, 2.05) is 0 Å². The normalized spacial score (nSPS) is 22.2. The Morgan fingerprint density at radius 3 is 2.10 bits per heavy atom. The first-order chi connectivity index (χ1) is 10.3. The highest BCUT2D eigenvalue weighted by atomic mass is 16.5. The maximum Gasteiger partial charge on any atom is 0.305 e. The van der Waals surface area contributed by atoms with Crippen molar-refractivity contribution in [2.24, 2.45) is 11.8 Å². The molecule has 0 radical (unpaired) electrons. The third-order valence-corrected chi connectivity index (χ3v) is 5.19. The minimum Gasteiger partial charge on any atom is -0.469 e. The van der Waals surface area contributed by atoms with Gasteiger partial charge in [-0.15, -0.1) is 0 Å². The average Bonchev–Trinajstić information content (AvgIpc) is 2.52. The second-order valence-electron chi connectivity index (χ2n) is 6.83. The fraction of sp³-hybridized carbons (Fsp3) is 0.947. The van der Waals surface area contributed by atoms with Crippen LogP contribution in [0.2, 0.25) is 0 Å². The first-order valence-electron chi connectivity index (χ1n) is 9.34. The molecule has 1 rings (SSSR count). The van der Waals surface area contributed by atoms with Crippen molar-refractivity contribution in [3.63, 3.8) is 0 Å². The van der Waals surface area contributed by atoms with E-state index in [0.29, 0.717) is 6.42 Å². The lowest BCUT2D eigenvalue weighted by Crippen LogP contribution is -2.20. The van der Waals surface area contributed by atoms with Crippen LogP contribution in [-0.4, -0.2) is 13.1 Å². The third kappa shape index (κ3) is 8.48. The SMILES string of the molecule is CCCCCCCCC[C@@H]1CCCC[C@@H]1CCC(=O)OC. The maximum atomic E-state index is 11.3. The van der Waals surface area contributed by atoms with E-state index < -0.39 is 0 Å². The number of hydrogen-bond acceptors (Lipinski definition) is 2. The Bertz CT molecular complexity index is 262.